The van der Waals surface area contributed by atoms with E-state index in [-0.39, 0.29) is 5.78 Å². The molecule has 2 aromatic heterocycles. The predicted molar refractivity (Wildman–Crippen MR) is 69.0 cm³/mol. The lowest BCUT2D eigenvalue weighted by Gasteiger charge is -1.99. The molecule has 0 N–H and O–H groups in total. The SMILES string of the molecule is CC(=O)c1cn(-c2cncs2)c2ccccc12. The Bertz CT molecular complexity index is 683. The van der Waals surface area contributed by atoms with Gasteiger partial charge in [0, 0.05) is 17.1 Å². The molecular formula is C13H10N2OS. The van der Waals surface area contributed by atoms with Crippen LogP contribution in [0.25, 0.3) is 15.9 Å². The van der Waals surface area contributed by atoms with Crippen molar-refractivity contribution in [1.82, 2.24) is 9.55 Å². The van der Waals surface area contributed by atoms with Crippen LogP contribution in [-0.2, 0) is 0 Å². The molecular weight excluding hydrogens is 232 g/mol. The number of carbonyl (C=O) groups is 1. The summed E-state index contributed by atoms with van der Waals surface area (Å²) in [6, 6.07) is 7.92. The lowest BCUT2D eigenvalue weighted by atomic mass is 10.1. The van der Waals surface area contributed by atoms with Crippen LogP contribution >= 0.6 is 11.3 Å². The van der Waals surface area contributed by atoms with Gasteiger partial charge in [-0.05, 0) is 13.0 Å². The summed E-state index contributed by atoms with van der Waals surface area (Å²) < 4.78 is 2.02. The molecule has 3 aromatic rings. The molecule has 3 rings (SSSR count). The second-order valence-electron chi connectivity index (χ2n) is 3.83. The topological polar surface area (TPSA) is 34.9 Å². The zero-order valence-electron chi connectivity index (χ0n) is 9.25. The maximum atomic E-state index is 11.6. The summed E-state index contributed by atoms with van der Waals surface area (Å²) in [6.45, 7) is 1.60. The van der Waals surface area contributed by atoms with E-state index in [1.54, 1.807) is 30.0 Å². The maximum absolute atomic E-state index is 11.6. The molecule has 0 aliphatic carbocycles. The molecule has 0 saturated carbocycles. The Morgan fingerprint density at radius 2 is 2.18 bits per heavy atom. The van der Waals surface area contributed by atoms with E-state index in [2.05, 4.69) is 4.98 Å². The van der Waals surface area contributed by atoms with Gasteiger partial charge in [-0.1, -0.05) is 18.2 Å². The van der Waals surface area contributed by atoms with Crippen LogP contribution in [0.5, 0.6) is 0 Å². The van der Waals surface area contributed by atoms with Gasteiger partial charge >= 0.3 is 0 Å². The molecule has 4 heteroatoms. The van der Waals surface area contributed by atoms with E-state index in [1.807, 2.05) is 35.0 Å². The van der Waals surface area contributed by atoms with Crippen molar-refractivity contribution in [1.29, 1.82) is 0 Å². The van der Waals surface area contributed by atoms with E-state index < -0.39 is 0 Å². The van der Waals surface area contributed by atoms with Gasteiger partial charge in [-0.3, -0.25) is 9.78 Å². The molecule has 0 amide bonds. The highest BCUT2D eigenvalue weighted by atomic mass is 32.1. The van der Waals surface area contributed by atoms with Crippen molar-refractivity contribution in [3.63, 3.8) is 0 Å². The summed E-state index contributed by atoms with van der Waals surface area (Å²) in [5.74, 6) is 0.0875. The molecule has 0 atom stereocenters. The number of benzene rings is 1. The molecule has 2 heterocycles. The van der Waals surface area contributed by atoms with E-state index >= 15 is 0 Å². The van der Waals surface area contributed by atoms with Crippen LogP contribution in [0.1, 0.15) is 17.3 Å². The molecule has 3 nitrogen and oxygen atoms in total. The van der Waals surface area contributed by atoms with Gasteiger partial charge in [-0.15, -0.1) is 11.3 Å². The number of carbonyl (C=O) groups excluding carboxylic acids is 1. The predicted octanol–water partition coefficient (Wildman–Crippen LogP) is 3.29. The van der Waals surface area contributed by atoms with Crippen molar-refractivity contribution in [2.24, 2.45) is 0 Å². The number of aromatic nitrogens is 2. The van der Waals surface area contributed by atoms with Gasteiger partial charge in [0.25, 0.3) is 0 Å². The number of Topliss-reactive ketones (excluding diaryl/α,β-unsaturated/α-hetero) is 1. The van der Waals surface area contributed by atoms with Gasteiger partial charge in [0.2, 0.25) is 0 Å². The van der Waals surface area contributed by atoms with Crippen molar-refractivity contribution >= 4 is 28.0 Å². The Morgan fingerprint density at radius 3 is 2.88 bits per heavy atom. The minimum absolute atomic E-state index is 0.0875. The standard InChI is InChI=1S/C13H10N2OS/c1-9(16)11-7-15(13-6-14-8-17-13)12-5-3-2-4-10(11)12/h2-8H,1H3. The number of nitrogens with zero attached hydrogens (tertiary/aromatic N) is 2. The number of fused-ring (bicyclic) bond motifs is 1. The quantitative estimate of drug-likeness (QED) is 0.646. The fourth-order valence-electron chi connectivity index (χ4n) is 1.97. The van der Waals surface area contributed by atoms with Gasteiger partial charge in [0.15, 0.2) is 5.78 Å². The van der Waals surface area contributed by atoms with Gasteiger partial charge in [-0.2, -0.15) is 0 Å². The molecule has 0 fully saturated rings. The van der Waals surface area contributed by atoms with Gasteiger partial charge in [0.05, 0.1) is 17.2 Å². The molecule has 0 radical (unpaired) electrons. The molecule has 0 unspecified atom stereocenters. The van der Waals surface area contributed by atoms with Crippen molar-refractivity contribution in [2.45, 2.75) is 6.92 Å². The van der Waals surface area contributed by atoms with Crippen molar-refractivity contribution in [3.8, 4) is 5.00 Å². The molecule has 0 saturated heterocycles. The number of ketones is 1. The summed E-state index contributed by atoms with van der Waals surface area (Å²) in [5.41, 5.74) is 3.59. The van der Waals surface area contributed by atoms with Crippen LogP contribution in [0.4, 0.5) is 0 Å². The van der Waals surface area contributed by atoms with E-state index in [0.717, 1.165) is 21.5 Å². The van der Waals surface area contributed by atoms with Gasteiger partial charge < -0.3 is 4.57 Å². The first kappa shape index (κ1) is 10.2. The Balaban J connectivity index is 2.37. The third kappa shape index (κ3) is 1.57. The third-order valence-corrected chi connectivity index (χ3v) is 3.52. The third-order valence-electron chi connectivity index (χ3n) is 2.75. The van der Waals surface area contributed by atoms with Crippen molar-refractivity contribution in [3.05, 3.63) is 47.7 Å². The summed E-state index contributed by atoms with van der Waals surface area (Å²) in [5, 5.41) is 2.02. The number of para-hydroxylation sites is 1. The second-order valence-corrected chi connectivity index (χ2v) is 4.69. The zero-order chi connectivity index (χ0) is 11.8. The van der Waals surface area contributed by atoms with E-state index in [1.165, 1.54) is 0 Å². The minimum atomic E-state index is 0.0875. The normalized spacial score (nSPS) is 10.9. The van der Waals surface area contributed by atoms with E-state index in [9.17, 15) is 4.79 Å². The van der Waals surface area contributed by atoms with Crippen LogP contribution in [0, 0.1) is 0 Å². The number of thiazole rings is 1. The molecule has 0 spiro atoms. The maximum Gasteiger partial charge on any atom is 0.161 e. The zero-order valence-corrected chi connectivity index (χ0v) is 10.1. The van der Waals surface area contributed by atoms with Crippen LogP contribution in [0.2, 0.25) is 0 Å². The fourth-order valence-corrected chi connectivity index (χ4v) is 2.59. The summed E-state index contributed by atoms with van der Waals surface area (Å²) in [6.07, 6.45) is 3.70. The van der Waals surface area contributed by atoms with Crippen LogP contribution in [0.3, 0.4) is 0 Å². The molecule has 0 aliphatic heterocycles. The Hall–Kier alpha value is -1.94. The smallest absolute Gasteiger partial charge is 0.161 e. The van der Waals surface area contributed by atoms with Crippen LogP contribution in [-0.4, -0.2) is 15.3 Å². The first-order chi connectivity index (χ1) is 8.27. The summed E-state index contributed by atoms with van der Waals surface area (Å²) in [4.78, 5) is 15.7. The van der Waals surface area contributed by atoms with Gasteiger partial charge in [-0.25, -0.2) is 0 Å². The Morgan fingerprint density at radius 1 is 1.35 bits per heavy atom. The largest absolute Gasteiger partial charge is 0.306 e. The average molecular weight is 242 g/mol. The lowest BCUT2D eigenvalue weighted by Crippen LogP contribution is -1.90. The first-order valence-electron chi connectivity index (χ1n) is 5.27. The summed E-state index contributed by atoms with van der Waals surface area (Å²) in [7, 11) is 0. The molecule has 17 heavy (non-hydrogen) atoms. The van der Waals surface area contributed by atoms with Crippen LogP contribution < -0.4 is 0 Å². The van der Waals surface area contributed by atoms with E-state index in [0.29, 0.717) is 0 Å². The van der Waals surface area contributed by atoms with Gasteiger partial charge in [0.1, 0.15) is 5.00 Å². The Kier molecular flexibility index (Phi) is 2.30. The lowest BCUT2D eigenvalue weighted by molar-refractivity contribution is 0.101. The van der Waals surface area contributed by atoms with Crippen molar-refractivity contribution < 1.29 is 4.79 Å². The number of hydrogen-bond acceptors (Lipinski definition) is 3. The first-order valence-corrected chi connectivity index (χ1v) is 6.15. The number of hydrogen-bond donors (Lipinski definition) is 0. The molecule has 84 valence electrons. The average Bonchev–Trinajstić information content (AvgIpc) is 2.95. The fraction of sp³-hybridized carbons (Fsp3) is 0.0769. The minimum Gasteiger partial charge on any atom is -0.306 e. The van der Waals surface area contributed by atoms with Crippen molar-refractivity contribution in [2.75, 3.05) is 0 Å². The number of rotatable bonds is 2. The second kappa shape index (κ2) is 3.82. The van der Waals surface area contributed by atoms with Crippen LogP contribution in [0.15, 0.2) is 42.2 Å². The summed E-state index contributed by atoms with van der Waals surface area (Å²) >= 11 is 1.56. The Labute approximate surface area is 102 Å². The van der Waals surface area contributed by atoms with E-state index in [4.69, 9.17) is 0 Å². The monoisotopic (exact) mass is 242 g/mol. The highest BCUT2D eigenvalue weighted by Gasteiger charge is 2.12. The highest BCUT2D eigenvalue weighted by molar-refractivity contribution is 7.12. The highest BCUT2D eigenvalue weighted by Crippen LogP contribution is 2.26. The molecule has 0 bridgehead atoms. The molecule has 1 aromatic carbocycles. The molecule has 0 aliphatic rings.